The molecule has 3 nitrogen and oxygen atoms in total. The first kappa shape index (κ1) is 16.2. The van der Waals surface area contributed by atoms with Crippen LogP contribution in [0.4, 0.5) is 5.82 Å². The maximum absolute atomic E-state index is 6.28. The first-order valence-electron chi connectivity index (χ1n) is 6.79. The molecule has 0 aliphatic heterocycles. The summed E-state index contributed by atoms with van der Waals surface area (Å²) in [6.45, 7) is 14.9. The van der Waals surface area contributed by atoms with Gasteiger partial charge in [0, 0.05) is 23.6 Å². The number of hydrogen-bond acceptors (Lipinski definition) is 3. The van der Waals surface area contributed by atoms with Crippen LogP contribution in [-0.4, -0.2) is 22.6 Å². The Hall–Kier alpha value is -0.830. The fourth-order valence-electron chi connectivity index (χ4n) is 1.66. The van der Waals surface area contributed by atoms with Crippen molar-refractivity contribution in [2.24, 2.45) is 0 Å². The molecule has 0 unspecified atom stereocenters. The first-order chi connectivity index (χ1) is 8.50. The van der Waals surface area contributed by atoms with E-state index in [0.717, 1.165) is 23.6 Å². The maximum atomic E-state index is 6.28. The Balaban J connectivity index is 3.39. The lowest BCUT2D eigenvalue weighted by atomic mass is 9.95. The molecule has 4 heteroatoms. The lowest BCUT2D eigenvalue weighted by molar-refractivity contribution is 0.462. The predicted octanol–water partition coefficient (Wildman–Crippen LogP) is 4.36. The van der Waals surface area contributed by atoms with Crippen molar-refractivity contribution in [3.63, 3.8) is 0 Å². The van der Waals surface area contributed by atoms with Gasteiger partial charge in [-0.3, -0.25) is 0 Å². The molecular weight excluding hydrogens is 258 g/mol. The van der Waals surface area contributed by atoms with Crippen LogP contribution < -0.4 is 4.90 Å². The molecule has 0 bridgehead atoms. The summed E-state index contributed by atoms with van der Waals surface area (Å²) in [6, 6.07) is 0. The van der Waals surface area contributed by atoms with E-state index in [0.29, 0.717) is 5.15 Å². The van der Waals surface area contributed by atoms with Crippen molar-refractivity contribution < 1.29 is 0 Å². The van der Waals surface area contributed by atoms with E-state index < -0.39 is 0 Å². The average molecular weight is 284 g/mol. The van der Waals surface area contributed by atoms with Crippen molar-refractivity contribution in [2.45, 2.75) is 65.8 Å². The number of nitrogens with zero attached hydrogens (tertiary/aromatic N) is 3. The Morgan fingerprint density at radius 2 is 1.63 bits per heavy atom. The van der Waals surface area contributed by atoms with E-state index >= 15 is 0 Å². The van der Waals surface area contributed by atoms with Crippen LogP contribution in [0.5, 0.6) is 0 Å². The number of halogens is 1. The van der Waals surface area contributed by atoms with Crippen LogP contribution in [0, 0.1) is 6.92 Å². The van der Waals surface area contributed by atoms with Crippen molar-refractivity contribution in [3.05, 3.63) is 16.5 Å². The fraction of sp³-hybridized carbons (Fsp3) is 0.733. The maximum Gasteiger partial charge on any atom is 0.137 e. The van der Waals surface area contributed by atoms with E-state index in [1.54, 1.807) is 0 Å². The van der Waals surface area contributed by atoms with Crippen LogP contribution in [-0.2, 0) is 5.41 Å². The third-order valence-corrected chi connectivity index (χ3v) is 4.19. The summed E-state index contributed by atoms with van der Waals surface area (Å²) in [7, 11) is 2.07. The summed E-state index contributed by atoms with van der Waals surface area (Å²) in [6.07, 6.45) is 1.04. The lowest BCUT2D eigenvalue weighted by Crippen LogP contribution is -2.42. The number of rotatable bonds is 3. The lowest BCUT2D eigenvalue weighted by Gasteiger charge is -2.37. The molecule has 1 heterocycles. The second-order valence-corrected chi connectivity index (χ2v) is 7.12. The highest BCUT2D eigenvalue weighted by molar-refractivity contribution is 6.30. The molecular formula is C15H26ClN3. The topological polar surface area (TPSA) is 29.0 Å². The van der Waals surface area contributed by atoms with Gasteiger partial charge in [-0.1, -0.05) is 39.3 Å². The zero-order chi connectivity index (χ0) is 15.0. The molecule has 1 aromatic rings. The summed E-state index contributed by atoms with van der Waals surface area (Å²) in [4.78, 5) is 11.4. The van der Waals surface area contributed by atoms with E-state index in [1.807, 2.05) is 6.92 Å². The molecule has 0 spiro atoms. The summed E-state index contributed by atoms with van der Waals surface area (Å²) < 4.78 is 0. The van der Waals surface area contributed by atoms with Gasteiger partial charge in [-0.05, 0) is 27.2 Å². The molecule has 19 heavy (non-hydrogen) atoms. The quantitative estimate of drug-likeness (QED) is 0.772. The van der Waals surface area contributed by atoms with Crippen molar-refractivity contribution >= 4 is 17.4 Å². The zero-order valence-corrected chi connectivity index (χ0v) is 14.2. The van der Waals surface area contributed by atoms with E-state index in [2.05, 4.69) is 58.5 Å². The zero-order valence-electron chi connectivity index (χ0n) is 13.4. The van der Waals surface area contributed by atoms with Gasteiger partial charge in [0.1, 0.15) is 16.8 Å². The van der Waals surface area contributed by atoms with Gasteiger partial charge in [0.2, 0.25) is 0 Å². The van der Waals surface area contributed by atoms with Crippen LogP contribution in [0.2, 0.25) is 5.15 Å². The van der Waals surface area contributed by atoms with Gasteiger partial charge in [0.05, 0.1) is 0 Å². The third kappa shape index (κ3) is 3.38. The predicted molar refractivity (Wildman–Crippen MR) is 83.3 cm³/mol. The summed E-state index contributed by atoms with van der Waals surface area (Å²) in [5, 5.41) is 0.550. The molecule has 1 aromatic heterocycles. The van der Waals surface area contributed by atoms with Crippen LogP contribution in [0.1, 0.15) is 59.4 Å². The highest BCUT2D eigenvalue weighted by atomic mass is 35.5. The Kier molecular flexibility index (Phi) is 4.51. The molecule has 0 radical (unpaired) electrons. The Bertz CT molecular complexity index is 461. The fourth-order valence-corrected chi connectivity index (χ4v) is 1.83. The highest BCUT2D eigenvalue weighted by Crippen LogP contribution is 2.31. The Morgan fingerprint density at radius 3 is 2.05 bits per heavy atom. The summed E-state index contributed by atoms with van der Waals surface area (Å²) >= 11 is 6.28. The standard InChI is InChI=1S/C15H26ClN3/c1-9-15(6,7)19(8)12-10(2)11(16)17-13(18-12)14(3,4)5/h9H2,1-8H3. The molecule has 0 N–H and O–H groups in total. The second kappa shape index (κ2) is 5.28. The summed E-state index contributed by atoms with van der Waals surface area (Å²) in [5.41, 5.74) is 0.875. The SMILES string of the molecule is CCC(C)(C)N(C)c1nc(C(C)(C)C)nc(Cl)c1C. The molecule has 0 aliphatic rings. The van der Waals surface area contributed by atoms with Gasteiger partial charge < -0.3 is 4.90 Å². The van der Waals surface area contributed by atoms with E-state index in [-0.39, 0.29) is 11.0 Å². The minimum absolute atomic E-state index is 0.0393. The number of hydrogen-bond donors (Lipinski definition) is 0. The molecule has 0 atom stereocenters. The van der Waals surface area contributed by atoms with Gasteiger partial charge in [-0.2, -0.15) is 0 Å². The van der Waals surface area contributed by atoms with Gasteiger partial charge in [0.25, 0.3) is 0 Å². The Morgan fingerprint density at radius 1 is 1.11 bits per heavy atom. The van der Waals surface area contributed by atoms with Crippen molar-refractivity contribution in [2.75, 3.05) is 11.9 Å². The smallest absolute Gasteiger partial charge is 0.137 e. The minimum atomic E-state index is -0.108. The van der Waals surface area contributed by atoms with Crippen molar-refractivity contribution in [1.29, 1.82) is 0 Å². The minimum Gasteiger partial charge on any atom is -0.354 e. The Labute approximate surface area is 122 Å². The molecule has 0 aliphatic carbocycles. The van der Waals surface area contributed by atoms with Crippen molar-refractivity contribution in [1.82, 2.24) is 9.97 Å². The van der Waals surface area contributed by atoms with Crippen LogP contribution in [0.25, 0.3) is 0 Å². The van der Waals surface area contributed by atoms with E-state index in [9.17, 15) is 0 Å². The molecule has 0 saturated carbocycles. The first-order valence-corrected chi connectivity index (χ1v) is 7.17. The molecule has 1 rings (SSSR count). The molecule has 0 aromatic carbocycles. The molecule has 0 fully saturated rings. The van der Waals surface area contributed by atoms with Gasteiger partial charge >= 0.3 is 0 Å². The van der Waals surface area contributed by atoms with Crippen LogP contribution in [0.3, 0.4) is 0 Å². The summed E-state index contributed by atoms with van der Waals surface area (Å²) in [5.74, 6) is 1.72. The van der Waals surface area contributed by atoms with E-state index in [4.69, 9.17) is 16.6 Å². The molecule has 108 valence electrons. The second-order valence-electron chi connectivity index (χ2n) is 6.76. The molecule has 0 saturated heterocycles. The van der Waals surface area contributed by atoms with Crippen LogP contribution in [0.15, 0.2) is 0 Å². The van der Waals surface area contributed by atoms with Gasteiger partial charge in [-0.15, -0.1) is 0 Å². The van der Waals surface area contributed by atoms with Crippen LogP contribution >= 0.6 is 11.6 Å². The van der Waals surface area contributed by atoms with Gasteiger partial charge in [-0.25, -0.2) is 9.97 Å². The third-order valence-electron chi connectivity index (χ3n) is 3.82. The van der Waals surface area contributed by atoms with Crippen molar-refractivity contribution in [3.8, 4) is 0 Å². The number of aromatic nitrogens is 2. The largest absolute Gasteiger partial charge is 0.354 e. The number of anilines is 1. The normalized spacial score (nSPS) is 12.7. The molecule has 0 amide bonds. The monoisotopic (exact) mass is 283 g/mol. The van der Waals surface area contributed by atoms with Gasteiger partial charge in [0.15, 0.2) is 0 Å². The van der Waals surface area contributed by atoms with E-state index in [1.165, 1.54) is 0 Å². The average Bonchev–Trinajstić information content (AvgIpc) is 2.30. The highest BCUT2D eigenvalue weighted by Gasteiger charge is 2.27.